The first-order valence-electron chi connectivity index (χ1n) is 8.34. The molecule has 0 spiro atoms. The predicted molar refractivity (Wildman–Crippen MR) is 84.7 cm³/mol. The van der Waals surface area contributed by atoms with Crippen molar-refractivity contribution >= 4 is 5.91 Å². The summed E-state index contributed by atoms with van der Waals surface area (Å²) in [6.07, 6.45) is 5.21. The van der Waals surface area contributed by atoms with Gasteiger partial charge in [-0.2, -0.15) is 0 Å². The molecule has 1 N–H and O–H groups in total. The Morgan fingerprint density at radius 3 is 2.87 bits per heavy atom. The molecule has 0 unspecified atom stereocenters. The van der Waals surface area contributed by atoms with Gasteiger partial charge in [0.25, 0.3) is 0 Å². The van der Waals surface area contributed by atoms with Gasteiger partial charge in [-0.1, -0.05) is 18.9 Å². The van der Waals surface area contributed by atoms with Crippen LogP contribution >= 0.6 is 0 Å². The maximum absolute atomic E-state index is 13.6. The fraction of sp³-hybridized carbons (Fsp3) is 0.611. The Morgan fingerprint density at radius 1 is 1.35 bits per heavy atom. The number of benzene rings is 1. The lowest BCUT2D eigenvalue weighted by molar-refractivity contribution is -0.131. The standard InChI is InChI=1S/C18H24FNO3/c1-11(21)20-15-10-17(23-16-6-4-3-5-13(15)16)12-7-8-14(19)18(9-12)22-2/h7-9,13,15-17H,3-6,10H2,1-2H3,(H,20,21)/t13-,15+,16+,17+/m0/s1. The fourth-order valence-electron chi connectivity index (χ4n) is 3.95. The quantitative estimate of drug-likeness (QED) is 0.928. The van der Waals surface area contributed by atoms with Gasteiger partial charge in [-0.3, -0.25) is 4.79 Å². The van der Waals surface area contributed by atoms with Crippen LogP contribution in [0.5, 0.6) is 5.75 Å². The van der Waals surface area contributed by atoms with Crippen molar-refractivity contribution in [1.82, 2.24) is 5.32 Å². The Balaban J connectivity index is 1.83. The molecule has 2 fully saturated rings. The maximum atomic E-state index is 13.6. The van der Waals surface area contributed by atoms with Crippen LogP contribution in [0.3, 0.4) is 0 Å². The van der Waals surface area contributed by atoms with Crippen LogP contribution in [0.1, 0.15) is 50.7 Å². The van der Waals surface area contributed by atoms with Crippen molar-refractivity contribution in [3.05, 3.63) is 29.6 Å². The molecule has 1 saturated carbocycles. The first-order chi connectivity index (χ1) is 11.1. The third kappa shape index (κ3) is 3.50. The second-order valence-corrected chi connectivity index (χ2v) is 6.55. The molecule has 0 radical (unpaired) electrons. The summed E-state index contributed by atoms with van der Waals surface area (Å²) in [5.74, 6) is 0.233. The van der Waals surface area contributed by atoms with E-state index in [-0.39, 0.29) is 35.7 Å². The van der Waals surface area contributed by atoms with E-state index in [1.54, 1.807) is 19.1 Å². The molecule has 1 amide bonds. The van der Waals surface area contributed by atoms with Gasteiger partial charge in [-0.25, -0.2) is 4.39 Å². The van der Waals surface area contributed by atoms with Crippen LogP contribution in [-0.2, 0) is 9.53 Å². The van der Waals surface area contributed by atoms with E-state index in [4.69, 9.17) is 9.47 Å². The Kier molecular flexibility index (Phi) is 4.85. The van der Waals surface area contributed by atoms with Crippen LogP contribution in [0.4, 0.5) is 4.39 Å². The maximum Gasteiger partial charge on any atom is 0.217 e. The molecule has 2 aliphatic rings. The number of carbonyl (C=O) groups is 1. The van der Waals surface area contributed by atoms with Crippen molar-refractivity contribution in [1.29, 1.82) is 0 Å². The van der Waals surface area contributed by atoms with E-state index >= 15 is 0 Å². The van der Waals surface area contributed by atoms with Crippen LogP contribution in [-0.4, -0.2) is 25.2 Å². The molecular formula is C18H24FNO3. The summed E-state index contributed by atoms with van der Waals surface area (Å²) < 4.78 is 25.0. The van der Waals surface area contributed by atoms with Gasteiger partial charge in [0.05, 0.1) is 19.3 Å². The van der Waals surface area contributed by atoms with E-state index in [1.165, 1.54) is 19.6 Å². The number of carbonyl (C=O) groups excluding carboxylic acids is 1. The number of hydrogen-bond donors (Lipinski definition) is 1. The van der Waals surface area contributed by atoms with Gasteiger partial charge >= 0.3 is 0 Å². The van der Waals surface area contributed by atoms with Crippen molar-refractivity contribution < 1.29 is 18.7 Å². The molecule has 1 aromatic rings. The second-order valence-electron chi connectivity index (χ2n) is 6.55. The Hall–Kier alpha value is -1.62. The Labute approximate surface area is 136 Å². The van der Waals surface area contributed by atoms with E-state index in [2.05, 4.69) is 5.32 Å². The predicted octanol–water partition coefficient (Wildman–Crippen LogP) is 3.36. The number of rotatable bonds is 3. The van der Waals surface area contributed by atoms with Crippen LogP contribution in [0.2, 0.25) is 0 Å². The van der Waals surface area contributed by atoms with Crippen molar-refractivity contribution in [2.24, 2.45) is 5.92 Å². The first kappa shape index (κ1) is 16.2. The molecule has 1 aliphatic heterocycles. The van der Waals surface area contributed by atoms with Crippen LogP contribution < -0.4 is 10.1 Å². The summed E-state index contributed by atoms with van der Waals surface area (Å²) in [7, 11) is 1.46. The van der Waals surface area contributed by atoms with E-state index in [1.807, 2.05) is 0 Å². The molecule has 3 rings (SSSR count). The summed E-state index contributed by atoms with van der Waals surface area (Å²) in [4.78, 5) is 11.6. The zero-order valence-electron chi connectivity index (χ0n) is 13.7. The van der Waals surface area contributed by atoms with E-state index < -0.39 is 0 Å². The first-order valence-corrected chi connectivity index (χ1v) is 8.34. The van der Waals surface area contributed by atoms with Crippen molar-refractivity contribution in [3.8, 4) is 5.75 Å². The number of methoxy groups -OCH3 is 1. The minimum absolute atomic E-state index is 0.00309. The molecule has 4 atom stereocenters. The van der Waals surface area contributed by atoms with Gasteiger partial charge in [0.15, 0.2) is 11.6 Å². The summed E-state index contributed by atoms with van der Waals surface area (Å²) in [5, 5.41) is 3.10. The molecule has 126 valence electrons. The van der Waals surface area contributed by atoms with Gasteiger partial charge in [-0.15, -0.1) is 0 Å². The third-order valence-corrected chi connectivity index (χ3v) is 5.01. The molecule has 5 heteroatoms. The van der Waals surface area contributed by atoms with Crippen LogP contribution in [0.15, 0.2) is 18.2 Å². The number of fused-ring (bicyclic) bond motifs is 1. The highest BCUT2D eigenvalue weighted by molar-refractivity contribution is 5.73. The molecule has 1 saturated heterocycles. The zero-order valence-corrected chi connectivity index (χ0v) is 13.7. The van der Waals surface area contributed by atoms with E-state index in [0.717, 1.165) is 31.2 Å². The second kappa shape index (κ2) is 6.87. The lowest BCUT2D eigenvalue weighted by Gasteiger charge is -2.45. The number of ether oxygens (including phenoxy) is 2. The third-order valence-electron chi connectivity index (χ3n) is 5.01. The largest absolute Gasteiger partial charge is 0.494 e. The van der Waals surface area contributed by atoms with Crippen LogP contribution in [0, 0.1) is 11.7 Å². The van der Waals surface area contributed by atoms with E-state index in [9.17, 15) is 9.18 Å². The summed E-state index contributed by atoms with van der Waals surface area (Å²) in [6.45, 7) is 1.56. The summed E-state index contributed by atoms with van der Waals surface area (Å²) in [5.41, 5.74) is 0.905. The number of hydrogen-bond acceptors (Lipinski definition) is 3. The summed E-state index contributed by atoms with van der Waals surface area (Å²) >= 11 is 0. The monoisotopic (exact) mass is 321 g/mol. The van der Waals surface area contributed by atoms with Gasteiger partial charge in [0.2, 0.25) is 5.91 Å². The zero-order chi connectivity index (χ0) is 16.4. The van der Waals surface area contributed by atoms with Crippen molar-refractivity contribution in [3.63, 3.8) is 0 Å². The smallest absolute Gasteiger partial charge is 0.217 e. The lowest BCUT2D eigenvalue weighted by Crippen LogP contribution is -2.50. The van der Waals surface area contributed by atoms with Gasteiger partial charge < -0.3 is 14.8 Å². The molecule has 0 aromatic heterocycles. The minimum atomic E-state index is -0.374. The Bertz CT molecular complexity index is 577. The van der Waals surface area contributed by atoms with Gasteiger partial charge in [-0.05, 0) is 37.0 Å². The van der Waals surface area contributed by atoms with Crippen LogP contribution in [0.25, 0.3) is 0 Å². The highest BCUT2D eigenvalue weighted by atomic mass is 19.1. The highest BCUT2D eigenvalue weighted by Crippen LogP contribution is 2.42. The molecule has 1 heterocycles. The topological polar surface area (TPSA) is 47.6 Å². The van der Waals surface area contributed by atoms with Crippen molar-refractivity contribution in [2.45, 2.75) is 57.3 Å². The average Bonchev–Trinajstić information content (AvgIpc) is 2.54. The number of amides is 1. The molecule has 1 aromatic carbocycles. The molecular weight excluding hydrogens is 297 g/mol. The van der Waals surface area contributed by atoms with Crippen molar-refractivity contribution in [2.75, 3.05) is 7.11 Å². The molecule has 1 aliphatic carbocycles. The van der Waals surface area contributed by atoms with E-state index in [0.29, 0.717) is 5.92 Å². The number of nitrogens with one attached hydrogen (secondary N) is 1. The molecule has 4 nitrogen and oxygen atoms in total. The van der Waals surface area contributed by atoms with Gasteiger partial charge in [0, 0.05) is 18.9 Å². The Morgan fingerprint density at radius 2 is 2.13 bits per heavy atom. The minimum Gasteiger partial charge on any atom is -0.494 e. The molecule has 0 bridgehead atoms. The SMILES string of the molecule is COc1cc([C@H]2C[C@@H](NC(C)=O)[C@@H]3CCCC[C@H]3O2)ccc1F. The lowest BCUT2D eigenvalue weighted by atomic mass is 9.76. The average molecular weight is 321 g/mol. The summed E-state index contributed by atoms with van der Waals surface area (Å²) in [6, 6.07) is 4.98. The fourth-order valence-corrected chi connectivity index (χ4v) is 3.95. The normalized spacial score (nSPS) is 30.4. The van der Waals surface area contributed by atoms with Gasteiger partial charge in [0.1, 0.15) is 0 Å². The number of halogens is 1. The molecule has 23 heavy (non-hydrogen) atoms. The highest BCUT2D eigenvalue weighted by Gasteiger charge is 2.40.